The third kappa shape index (κ3) is 4.99. The van der Waals surface area contributed by atoms with Gasteiger partial charge in [0.15, 0.2) is 0 Å². The molecule has 2 atom stereocenters. The summed E-state index contributed by atoms with van der Waals surface area (Å²) in [6.45, 7) is 9.03. The number of unbranched alkanes of at least 4 members (excludes halogenated alkanes) is 1. The molecule has 0 saturated heterocycles. The molecular weight excluding hydrogens is 230 g/mol. The van der Waals surface area contributed by atoms with Crippen LogP contribution in [0.4, 0.5) is 0 Å². The molecule has 1 heteroatoms. The Morgan fingerprint density at radius 3 is 2.47 bits per heavy atom. The Bertz CT molecular complexity index is 370. The summed E-state index contributed by atoms with van der Waals surface area (Å²) in [5, 5.41) is 3.56. The van der Waals surface area contributed by atoms with Crippen molar-refractivity contribution in [1.82, 2.24) is 5.32 Å². The molecular formula is C18H31N. The second-order valence-electron chi connectivity index (χ2n) is 5.84. The van der Waals surface area contributed by atoms with Crippen LogP contribution < -0.4 is 5.32 Å². The van der Waals surface area contributed by atoms with Gasteiger partial charge in [-0.1, -0.05) is 56.9 Å². The van der Waals surface area contributed by atoms with Gasteiger partial charge >= 0.3 is 0 Å². The van der Waals surface area contributed by atoms with Gasteiger partial charge in [0, 0.05) is 6.04 Å². The number of nitrogens with one attached hydrogen (secondary N) is 1. The van der Waals surface area contributed by atoms with Crippen molar-refractivity contribution in [2.24, 2.45) is 5.92 Å². The Labute approximate surface area is 119 Å². The molecule has 0 radical (unpaired) electrons. The topological polar surface area (TPSA) is 12.0 Å². The normalized spacial score (nSPS) is 14.4. The Hall–Kier alpha value is -0.820. The lowest BCUT2D eigenvalue weighted by Crippen LogP contribution is -2.35. The molecule has 2 unspecified atom stereocenters. The van der Waals surface area contributed by atoms with Gasteiger partial charge in [0.2, 0.25) is 0 Å². The Morgan fingerprint density at radius 2 is 1.89 bits per heavy atom. The highest BCUT2D eigenvalue weighted by molar-refractivity contribution is 5.31. The van der Waals surface area contributed by atoms with E-state index in [1.54, 1.807) is 0 Å². The second kappa shape index (κ2) is 8.37. The van der Waals surface area contributed by atoms with Gasteiger partial charge in [-0.25, -0.2) is 0 Å². The summed E-state index contributed by atoms with van der Waals surface area (Å²) in [7, 11) is 2.12. The summed E-state index contributed by atoms with van der Waals surface area (Å²) in [4.78, 5) is 0. The van der Waals surface area contributed by atoms with Crippen LogP contribution in [0.15, 0.2) is 18.2 Å². The highest BCUT2D eigenvalue weighted by Crippen LogP contribution is 2.22. The average Bonchev–Trinajstić information content (AvgIpc) is 2.41. The van der Waals surface area contributed by atoms with E-state index < -0.39 is 0 Å². The van der Waals surface area contributed by atoms with E-state index in [-0.39, 0.29) is 0 Å². The summed E-state index contributed by atoms with van der Waals surface area (Å²) >= 11 is 0. The first kappa shape index (κ1) is 16.2. The molecule has 108 valence electrons. The van der Waals surface area contributed by atoms with Crippen LogP contribution in [0.2, 0.25) is 0 Å². The van der Waals surface area contributed by atoms with E-state index in [9.17, 15) is 0 Å². The van der Waals surface area contributed by atoms with Crippen LogP contribution in [0.1, 0.15) is 56.2 Å². The van der Waals surface area contributed by atoms with E-state index in [2.05, 4.69) is 58.3 Å². The zero-order valence-corrected chi connectivity index (χ0v) is 13.4. The van der Waals surface area contributed by atoms with Crippen LogP contribution in [0.3, 0.4) is 0 Å². The van der Waals surface area contributed by atoms with Crippen molar-refractivity contribution >= 4 is 0 Å². The van der Waals surface area contributed by atoms with E-state index in [0.717, 1.165) is 12.3 Å². The van der Waals surface area contributed by atoms with Gasteiger partial charge in [-0.2, -0.15) is 0 Å². The number of hydrogen-bond donors (Lipinski definition) is 1. The zero-order valence-electron chi connectivity index (χ0n) is 13.4. The number of benzene rings is 1. The van der Waals surface area contributed by atoms with E-state index in [1.807, 2.05) is 0 Å². The molecule has 0 saturated carbocycles. The Kier molecular flexibility index (Phi) is 7.15. The van der Waals surface area contributed by atoms with Crippen molar-refractivity contribution < 1.29 is 0 Å². The maximum absolute atomic E-state index is 3.56. The largest absolute Gasteiger partial charge is 0.316 e. The molecule has 0 heterocycles. The summed E-state index contributed by atoms with van der Waals surface area (Å²) in [5.41, 5.74) is 4.31. The quantitative estimate of drug-likeness (QED) is 0.718. The van der Waals surface area contributed by atoms with Gasteiger partial charge < -0.3 is 5.32 Å². The molecule has 0 aliphatic carbocycles. The minimum atomic E-state index is 0.608. The monoisotopic (exact) mass is 261 g/mol. The fourth-order valence-electron chi connectivity index (χ4n) is 2.92. The third-order valence-corrected chi connectivity index (χ3v) is 4.34. The summed E-state index contributed by atoms with van der Waals surface area (Å²) in [6, 6.07) is 7.43. The van der Waals surface area contributed by atoms with Gasteiger partial charge in [-0.15, -0.1) is 0 Å². The van der Waals surface area contributed by atoms with Gasteiger partial charge in [0.05, 0.1) is 0 Å². The maximum atomic E-state index is 3.56. The molecule has 1 N–H and O–H groups in total. The molecule has 0 amide bonds. The smallest absolute Gasteiger partial charge is 0.0133 e. The predicted molar refractivity (Wildman–Crippen MR) is 85.8 cm³/mol. The van der Waals surface area contributed by atoms with Crippen LogP contribution in [-0.2, 0) is 6.42 Å². The van der Waals surface area contributed by atoms with Crippen molar-refractivity contribution in [3.63, 3.8) is 0 Å². The first-order chi connectivity index (χ1) is 9.12. The van der Waals surface area contributed by atoms with Gasteiger partial charge in [0.25, 0.3) is 0 Å². The lowest BCUT2D eigenvalue weighted by Gasteiger charge is -2.27. The van der Waals surface area contributed by atoms with E-state index in [4.69, 9.17) is 0 Å². The maximum Gasteiger partial charge on any atom is 0.0133 e. The van der Waals surface area contributed by atoms with Gasteiger partial charge in [-0.3, -0.25) is 0 Å². The van der Waals surface area contributed by atoms with Crippen LogP contribution in [0.5, 0.6) is 0 Å². The van der Waals surface area contributed by atoms with Gasteiger partial charge in [-0.05, 0) is 50.8 Å². The van der Waals surface area contributed by atoms with Crippen LogP contribution in [0, 0.1) is 19.8 Å². The molecule has 0 fully saturated rings. The number of likely N-dealkylation sites (N-methyl/N-ethyl adjacent to an activating group) is 1. The van der Waals surface area contributed by atoms with Crippen LogP contribution in [-0.4, -0.2) is 13.1 Å². The first-order valence-electron chi connectivity index (χ1n) is 7.85. The molecule has 0 aliphatic rings. The highest BCUT2D eigenvalue weighted by atomic mass is 14.9. The van der Waals surface area contributed by atoms with Crippen molar-refractivity contribution in [3.05, 3.63) is 34.9 Å². The summed E-state index contributed by atoms with van der Waals surface area (Å²) in [6.07, 6.45) is 6.44. The van der Waals surface area contributed by atoms with Crippen LogP contribution >= 0.6 is 0 Å². The fourth-order valence-corrected chi connectivity index (χ4v) is 2.92. The predicted octanol–water partition coefficient (Wildman–Crippen LogP) is 4.65. The summed E-state index contributed by atoms with van der Waals surface area (Å²) in [5.74, 6) is 0.796. The van der Waals surface area contributed by atoms with Crippen molar-refractivity contribution in [2.75, 3.05) is 7.05 Å². The van der Waals surface area contributed by atoms with Crippen molar-refractivity contribution in [1.29, 1.82) is 0 Å². The second-order valence-corrected chi connectivity index (χ2v) is 5.84. The van der Waals surface area contributed by atoms with Gasteiger partial charge in [0.1, 0.15) is 0 Å². The SMILES string of the molecule is CCCCC(CC)C(Cc1cc(C)ccc1C)NC. The molecule has 0 bridgehead atoms. The number of hydrogen-bond acceptors (Lipinski definition) is 1. The van der Waals surface area contributed by atoms with E-state index >= 15 is 0 Å². The molecule has 0 spiro atoms. The minimum Gasteiger partial charge on any atom is -0.316 e. The molecule has 1 aromatic carbocycles. The number of aryl methyl sites for hydroxylation is 2. The van der Waals surface area contributed by atoms with E-state index in [0.29, 0.717) is 6.04 Å². The van der Waals surface area contributed by atoms with Crippen molar-refractivity contribution in [3.8, 4) is 0 Å². The van der Waals surface area contributed by atoms with Crippen molar-refractivity contribution in [2.45, 2.75) is 65.8 Å². The number of rotatable bonds is 8. The first-order valence-corrected chi connectivity index (χ1v) is 7.85. The summed E-state index contributed by atoms with van der Waals surface area (Å²) < 4.78 is 0. The lowest BCUT2D eigenvalue weighted by atomic mass is 9.86. The minimum absolute atomic E-state index is 0.608. The highest BCUT2D eigenvalue weighted by Gasteiger charge is 2.19. The lowest BCUT2D eigenvalue weighted by molar-refractivity contribution is 0.330. The zero-order chi connectivity index (χ0) is 14.3. The standard InChI is InChI=1S/C18H31N/c1-6-8-9-16(7-2)18(19-5)13-17-12-14(3)10-11-15(17)4/h10-12,16,18-19H,6-9,13H2,1-5H3. The van der Waals surface area contributed by atoms with Crippen LogP contribution in [0.25, 0.3) is 0 Å². The molecule has 0 aromatic heterocycles. The molecule has 1 aromatic rings. The Morgan fingerprint density at radius 1 is 1.16 bits per heavy atom. The fraction of sp³-hybridized carbons (Fsp3) is 0.667. The average molecular weight is 261 g/mol. The molecule has 0 aliphatic heterocycles. The Balaban J connectivity index is 2.76. The van der Waals surface area contributed by atoms with E-state index in [1.165, 1.54) is 42.4 Å². The molecule has 1 rings (SSSR count). The molecule has 1 nitrogen and oxygen atoms in total. The molecule has 19 heavy (non-hydrogen) atoms. The third-order valence-electron chi connectivity index (χ3n) is 4.34.